The molecular formula is C10H11FN4. The zero-order valence-electron chi connectivity index (χ0n) is 8.50. The number of aromatic nitrogens is 2. The van der Waals surface area contributed by atoms with E-state index in [4.69, 9.17) is 0 Å². The van der Waals surface area contributed by atoms with Crippen molar-refractivity contribution in [3.63, 3.8) is 0 Å². The zero-order chi connectivity index (χ0) is 10.8. The predicted octanol–water partition coefficient (Wildman–Crippen LogP) is 1.85. The molecule has 0 bridgehead atoms. The van der Waals surface area contributed by atoms with Gasteiger partial charge in [0.15, 0.2) is 11.6 Å². The molecule has 78 valence electrons. The number of fused-ring (bicyclic) bond motifs is 1. The first-order valence-electron chi connectivity index (χ1n) is 4.57. The van der Waals surface area contributed by atoms with E-state index in [2.05, 4.69) is 20.8 Å². The third-order valence-corrected chi connectivity index (χ3v) is 2.22. The molecule has 1 aromatic carbocycles. The quantitative estimate of drug-likeness (QED) is 0.787. The third kappa shape index (κ3) is 1.56. The van der Waals surface area contributed by atoms with E-state index in [0.717, 1.165) is 10.8 Å². The molecule has 1 heterocycles. The van der Waals surface area contributed by atoms with Crippen LogP contribution < -0.4 is 10.6 Å². The minimum Gasteiger partial charge on any atom is -0.371 e. The SMILES string of the molecule is CNc1nnc(NC)c2cc(F)ccc12. The Morgan fingerprint density at radius 3 is 2.20 bits per heavy atom. The summed E-state index contributed by atoms with van der Waals surface area (Å²) in [7, 11) is 3.49. The van der Waals surface area contributed by atoms with Crippen molar-refractivity contribution in [1.29, 1.82) is 0 Å². The number of nitrogens with one attached hydrogen (secondary N) is 2. The average Bonchev–Trinajstić information content (AvgIpc) is 2.27. The Morgan fingerprint density at radius 1 is 1.00 bits per heavy atom. The normalized spacial score (nSPS) is 10.3. The second-order valence-corrected chi connectivity index (χ2v) is 3.09. The van der Waals surface area contributed by atoms with E-state index in [0.29, 0.717) is 11.6 Å². The summed E-state index contributed by atoms with van der Waals surface area (Å²) in [6, 6.07) is 4.53. The number of halogens is 1. The maximum atomic E-state index is 13.1. The Kier molecular flexibility index (Phi) is 2.37. The molecule has 0 atom stereocenters. The average molecular weight is 206 g/mol. The molecule has 0 saturated heterocycles. The van der Waals surface area contributed by atoms with Crippen molar-refractivity contribution in [2.75, 3.05) is 24.7 Å². The Bertz CT molecular complexity index is 498. The first-order valence-corrected chi connectivity index (χ1v) is 4.57. The summed E-state index contributed by atoms with van der Waals surface area (Å²) in [6.45, 7) is 0. The van der Waals surface area contributed by atoms with E-state index in [1.165, 1.54) is 12.1 Å². The minimum absolute atomic E-state index is 0.283. The molecule has 0 fully saturated rings. The Morgan fingerprint density at radius 2 is 1.60 bits per heavy atom. The van der Waals surface area contributed by atoms with Crippen molar-refractivity contribution >= 4 is 22.4 Å². The smallest absolute Gasteiger partial charge is 0.156 e. The van der Waals surface area contributed by atoms with Crippen molar-refractivity contribution in [3.05, 3.63) is 24.0 Å². The maximum absolute atomic E-state index is 13.1. The van der Waals surface area contributed by atoms with Crippen LogP contribution in [0.3, 0.4) is 0 Å². The first-order chi connectivity index (χ1) is 7.26. The Hall–Kier alpha value is -1.91. The van der Waals surface area contributed by atoms with Crippen molar-refractivity contribution in [2.45, 2.75) is 0 Å². The summed E-state index contributed by atoms with van der Waals surface area (Å²) >= 11 is 0. The van der Waals surface area contributed by atoms with Gasteiger partial charge in [-0.3, -0.25) is 0 Å². The molecular weight excluding hydrogens is 195 g/mol. The molecule has 0 aliphatic heterocycles. The lowest BCUT2D eigenvalue weighted by molar-refractivity contribution is 0.629. The highest BCUT2D eigenvalue weighted by Gasteiger charge is 2.07. The molecule has 0 spiro atoms. The van der Waals surface area contributed by atoms with Gasteiger partial charge in [0, 0.05) is 24.9 Å². The van der Waals surface area contributed by atoms with Crippen LogP contribution in [0.1, 0.15) is 0 Å². The van der Waals surface area contributed by atoms with Crippen LogP contribution >= 0.6 is 0 Å². The molecule has 2 aromatic rings. The minimum atomic E-state index is -0.283. The van der Waals surface area contributed by atoms with E-state index in [1.54, 1.807) is 20.2 Å². The van der Waals surface area contributed by atoms with Gasteiger partial charge >= 0.3 is 0 Å². The summed E-state index contributed by atoms with van der Waals surface area (Å²) < 4.78 is 13.1. The molecule has 1 aromatic heterocycles. The lowest BCUT2D eigenvalue weighted by Gasteiger charge is -2.07. The molecule has 0 saturated carbocycles. The monoisotopic (exact) mass is 206 g/mol. The van der Waals surface area contributed by atoms with Crippen LogP contribution in [0.2, 0.25) is 0 Å². The number of hydrogen-bond donors (Lipinski definition) is 2. The standard InChI is InChI=1S/C10H11FN4/c1-12-9-7-4-3-6(11)5-8(7)10(13-2)15-14-9/h3-5H,1-2H3,(H,12,14)(H,13,15). The molecule has 0 unspecified atom stereocenters. The lowest BCUT2D eigenvalue weighted by atomic mass is 10.1. The summed E-state index contributed by atoms with van der Waals surface area (Å²) in [5, 5.41) is 15.3. The van der Waals surface area contributed by atoms with Gasteiger partial charge in [0.2, 0.25) is 0 Å². The lowest BCUT2D eigenvalue weighted by Crippen LogP contribution is -2.01. The van der Waals surface area contributed by atoms with Crippen LogP contribution in [0.5, 0.6) is 0 Å². The third-order valence-electron chi connectivity index (χ3n) is 2.22. The van der Waals surface area contributed by atoms with E-state index in [1.807, 2.05) is 0 Å². The molecule has 0 aliphatic carbocycles. The van der Waals surface area contributed by atoms with Gasteiger partial charge < -0.3 is 10.6 Å². The van der Waals surface area contributed by atoms with E-state index < -0.39 is 0 Å². The zero-order valence-corrected chi connectivity index (χ0v) is 8.50. The van der Waals surface area contributed by atoms with Crippen LogP contribution in [0.4, 0.5) is 16.0 Å². The molecule has 4 nitrogen and oxygen atoms in total. The number of nitrogens with zero attached hydrogens (tertiary/aromatic N) is 2. The fraction of sp³-hybridized carbons (Fsp3) is 0.200. The molecule has 2 N–H and O–H groups in total. The Balaban J connectivity index is 2.80. The number of hydrogen-bond acceptors (Lipinski definition) is 4. The first kappa shape index (κ1) is 9.64. The highest BCUT2D eigenvalue weighted by molar-refractivity contribution is 5.98. The maximum Gasteiger partial charge on any atom is 0.156 e. The molecule has 0 aliphatic rings. The van der Waals surface area contributed by atoms with Gasteiger partial charge in [0.1, 0.15) is 5.82 Å². The Labute approximate surface area is 86.5 Å². The highest BCUT2D eigenvalue weighted by Crippen LogP contribution is 2.26. The molecule has 0 amide bonds. The van der Waals surface area contributed by atoms with Crippen molar-refractivity contribution in [2.24, 2.45) is 0 Å². The van der Waals surface area contributed by atoms with Gasteiger partial charge in [0.25, 0.3) is 0 Å². The van der Waals surface area contributed by atoms with Crippen LogP contribution in [0, 0.1) is 5.82 Å². The van der Waals surface area contributed by atoms with Crippen LogP contribution in [-0.2, 0) is 0 Å². The van der Waals surface area contributed by atoms with Crippen molar-refractivity contribution < 1.29 is 4.39 Å². The van der Waals surface area contributed by atoms with Crippen LogP contribution in [0.15, 0.2) is 18.2 Å². The fourth-order valence-electron chi connectivity index (χ4n) is 1.50. The van der Waals surface area contributed by atoms with Gasteiger partial charge in [0.05, 0.1) is 0 Å². The van der Waals surface area contributed by atoms with E-state index in [9.17, 15) is 4.39 Å². The fourth-order valence-corrected chi connectivity index (χ4v) is 1.50. The van der Waals surface area contributed by atoms with Crippen LogP contribution in [-0.4, -0.2) is 24.3 Å². The van der Waals surface area contributed by atoms with Gasteiger partial charge in [-0.1, -0.05) is 0 Å². The topological polar surface area (TPSA) is 49.8 Å². The molecule has 15 heavy (non-hydrogen) atoms. The van der Waals surface area contributed by atoms with E-state index >= 15 is 0 Å². The second kappa shape index (κ2) is 3.68. The van der Waals surface area contributed by atoms with Gasteiger partial charge in [-0.2, -0.15) is 0 Å². The van der Waals surface area contributed by atoms with Crippen LogP contribution in [0.25, 0.3) is 10.8 Å². The van der Waals surface area contributed by atoms with Gasteiger partial charge in [-0.05, 0) is 18.2 Å². The summed E-state index contributed by atoms with van der Waals surface area (Å²) in [5.74, 6) is 0.932. The molecule has 5 heteroatoms. The van der Waals surface area contributed by atoms with E-state index in [-0.39, 0.29) is 5.82 Å². The second-order valence-electron chi connectivity index (χ2n) is 3.09. The number of benzene rings is 1. The molecule has 2 rings (SSSR count). The number of anilines is 2. The summed E-state index contributed by atoms with van der Waals surface area (Å²) in [5.41, 5.74) is 0. The van der Waals surface area contributed by atoms with Gasteiger partial charge in [-0.15, -0.1) is 10.2 Å². The van der Waals surface area contributed by atoms with Crippen molar-refractivity contribution in [3.8, 4) is 0 Å². The molecule has 0 radical (unpaired) electrons. The summed E-state index contributed by atoms with van der Waals surface area (Å²) in [4.78, 5) is 0. The predicted molar refractivity (Wildman–Crippen MR) is 58.6 cm³/mol. The van der Waals surface area contributed by atoms with Crippen molar-refractivity contribution in [1.82, 2.24) is 10.2 Å². The highest BCUT2D eigenvalue weighted by atomic mass is 19.1. The van der Waals surface area contributed by atoms with Gasteiger partial charge in [-0.25, -0.2) is 4.39 Å². The largest absolute Gasteiger partial charge is 0.371 e. The number of rotatable bonds is 2. The summed E-state index contributed by atoms with van der Waals surface area (Å²) in [6.07, 6.45) is 0.